The van der Waals surface area contributed by atoms with Crippen LogP contribution in [0.15, 0.2) is 30.6 Å². The summed E-state index contributed by atoms with van der Waals surface area (Å²) in [5, 5.41) is 4.54. The number of benzene rings is 1. The topological polar surface area (TPSA) is 70.1 Å². The Morgan fingerprint density at radius 3 is 2.85 bits per heavy atom. The van der Waals surface area contributed by atoms with Crippen LogP contribution >= 0.6 is 0 Å². The molecule has 7 heteroatoms. The molecule has 1 aliphatic rings. The summed E-state index contributed by atoms with van der Waals surface area (Å²) in [6.07, 6.45) is 7.68. The van der Waals surface area contributed by atoms with Crippen molar-refractivity contribution in [3.63, 3.8) is 0 Å². The van der Waals surface area contributed by atoms with Crippen molar-refractivity contribution in [2.75, 3.05) is 7.11 Å². The Balaban J connectivity index is 1.46. The molecular weight excluding hydrogens is 340 g/mol. The number of ether oxygens (including phenoxy) is 1. The van der Waals surface area contributed by atoms with Crippen LogP contribution in [0.4, 0.5) is 0 Å². The van der Waals surface area contributed by atoms with Gasteiger partial charge in [-0.1, -0.05) is 0 Å². The van der Waals surface area contributed by atoms with Crippen LogP contribution in [0.25, 0.3) is 29.2 Å². The van der Waals surface area contributed by atoms with Crippen molar-refractivity contribution < 1.29 is 4.74 Å². The number of aryl methyl sites for hydroxylation is 2. The lowest BCUT2D eigenvalue weighted by Crippen LogP contribution is -1.97. The Hall–Kier alpha value is -3.48. The Bertz CT molecular complexity index is 1180. The molecule has 0 saturated heterocycles. The highest BCUT2D eigenvalue weighted by molar-refractivity contribution is 5.71. The van der Waals surface area contributed by atoms with Crippen molar-refractivity contribution in [1.82, 2.24) is 29.1 Å². The Labute approximate surface area is 156 Å². The maximum absolute atomic E-state index is 5.31. The number of hydrogen-bond acceptors (Lipinski definition) is 5. The maximum Gasteiger partial charge on any atom is 0.177 e. The van der Waals surface area contributed by atoms with Crippen LogP contribution in [0.2, 0.25) is 0 Å². The summed E-state index contributed by atoms with van der Waals surface area (Å²) in [7, 11) is 1.69. The van der Waals surface area contributed by atoms with Crippen molar-refractivity contribution >= 4 is 17.8 Å². The van der Waals surface area contributed by atoms with E-state index in [2.05, 4.69) is 31.8 Å². The minimum atomic E-state index is 0.646. The van der Waals surface area contributed by atoms with Crippen molar-refractivity contribution in [1.29, 1.82) is 0 Å². The number of hydrogen-bond donors (Lipinski definition) is 0. The molecular formula is C20H18N6O. The van der Waals surface area contributed by atoms with Gasteiger partial charge in [0.2, 0.25) is 0 Å². The molecule has 3 aromatic heterocycles. The van der Waals surface area contributed by atoms with Gasteiger partial charge in [-0.25, -0.2) is 14.5 Å². The zero-order valence-corrected chi connectivity index (χ0v) is 15.3. The van der Waals surface area contributed by atoms with Crippen LogP contribution in [0, 0.1) is 13.8 Å². The zero-order valence-electron chi connectivity index (χ0n) is 15.3. The number of rotatable bonds is 3. The summed E-state index contributed by atoms with van der Waals surface area (Å²) in [4.78, 5) is 13.6. The fraction of sp³-hybridized carbons (Fsp3) is 0.200. The van der Waals surface area contributed by atoms with Gasteiger partial charge in [0.25, 0.3) is 0 Å². The minimum absolute atomic E-state index is 0.646. The molecule has 0 bridgehead atoms. The Morgan fingerprint density at radius 2 is 2.04 bits per heavy atom. The van der Waals surface area contributed by atoms with Gasteiger partial charge in [-0.2, -0.15) is 0 Å². The lowest BCUT2D eigenvalue weighted by molar-refractivity contribution is 0.414. The predicted molar refractivity (Wildman–Crippen MR) is 103 cm³/mol. The molecule has 0 aliphatic carbocycles. The first-order valence-electron chi connectivity index (χ1n) is 8.74. The average molecular weight is 358 g/mol. The molecule has 1 aliphatic heterocycles. The van der Waals surface area contributed by atoms with E-state index in [1.54, 1.807) is 13.3 Å². The van der Waals surface area contributed by atoms with Crippen LogP contribution in [-0.4, -0.2) is 36.2 Å². The van der Waals surface area contributed by atoms with Crippen molar-refractivity contribution in [3.05, 3.63) is 59.1 Å². The normalized spacial score (nSPS) is 12.7. The summed E-state index contributed by atoms with van der Waals surface area (Å²) < 4.78 is 9.28. The first-order chi connectivity index (χ1) is 13.1. The molecule has 134 valence electrons. The monoisotopic (exact) mass is 358 g/mol. The SMILES string of the molecule is COc1ccc2c(c1)Cn1cc(C=Cc3nc4c(C)ncc(C)n4n3)nc1-2. The van der Waals surface area contributed by atoms with Gasteiger partial charge in [0.15, 0.2) is 11.5 Å². The molecule has 0 amide bonds. The van der Waals surface area contributed by atoms with Crippen molar-refractivity contribution in [3.8, 4) is 17.1 Å². The highest BCUT2D eigenvalue weighted by Crippen LogP contribution is 2.33. The highest BCUT2D eigenvalue weighted by Gasteiger charge is 2.21. The van der Waals surface area contributed by atoms with E-state index in [1.165, 1.54) is 5.56 Å². The van der Waals surface area contributed by atoms with Gasteiger partial charge in [0, 0.05) is 24.5 Å². The third-order valence-corrected chi connectivity index (χ3v) is 4.82. The molecule has 0 spiro atoms. The van der Waals surface area contributed by atoms with E-state index < -0.39 is 0 Å². The fourth-order valence-electron chi connectivity index (χ4n) is 3.42. The van der Waals surface area contributed by atoms with Gasteiger partial charge >= 0.3 is 0 Å². The third-order valence-electron chi connectivity index (χ3n) is 4.82. The average Bonchev–Trinajstić information content (AvgIpc) is 3.35. The lowest BCUT2D eigenvalue weighted by Gasteiger charge is -2.02. The first-order valence-corrected chi connectivity index (χ1v) is 8.74. The number of aromatic nitrogens is 6. The standard InChI is InChI=1S/C20H18N6O/c1-12-9-21-13(2)19-23-18(24-26(12)19)7-4-15-11-25-10-14-8-16(27-3)5-6-17(14)20(25)22-15/h4-9,11H,10H2,1-3H3. The van der Waals surface area contributed by atoms with E-state index in [9.17, 15) is 0 Å². The predicted octanol–water partition coefficient (Wildman–Crippen LogP) is 3.15. The molecule has 4 heterocycles. The number of methoxy groups -OCH3 is 1. The zero-order chi connectivity index (χ0) is 18.5. The van der Waals surface area contributed by atoms with Crippen LogP contribution in [0.1, 0.15) is 28.5 Å². The van der Waals surface area contributed by atoms with Gasteiger partial charge in [-0.05, 0) is 49.8 Å². The largest absolute Gasteiger partial charge is 0.497 e. The van der Waals surface area contributed by atoms with E-state index in [0.717, 1.165) is 46.4 Å². The van der Waals surface area contributed by atoms with Crippen LogP contribution in [-0.2, 0) is 6.54 Å². The van der Waals surface area contributed by atoms with Crippen molar-refractivity contribution in [2.45, 2.75) is 20.4 Å². The van der Waals surface area contributed by atoms with Crippen LogP contribution in [0.3, 0.4) is 0 Å². The smallest absolute Gasteiger partial charge is 0.177 e. The summed E-state index contributed by atoms with van der Waals surface area (Å²) in [6, 6.07) is 6.10. The second-order valence-corrected chi connectivity index (χ2v) is 6.66. The molecule has 0 saturated carbocycles. The molecule has 0 N–H and O–H groups in total. The summed E-state index contributed by atoms with van der Waals surface area (Å²) >= 11 is 0. The minimum Gasteiger partial charge on any atom is -0.497 e. The van der Waals surface area contributed by atoms with Crippen LogP contribution in [0.5, 0.6) is 5.75 Å². The molecule has 1 aromatic carbocycles. The van der Waals surface area contributed by atoms with Gasteiger partial charge in [-0.15, -0.1) is 5.10 Å². The molecule has 7 nitrogen and oxygen atoms in total. The summed E-state index contributed by atoms with van der Waals surface area (Å²) in [5.41, 5.74) is 5.87. The van der Waals surface area contributed by atoms with E-state index in [1.807, 2.05) is 42.8 Å². The maximum atomic E-state index is 5.31. The summed E-state index contributed by atoms with van der Waals surface area (Å²) in [6.45, 7) is 4.71. The number of nitrogens with zero attached hydrogens (tertiary/aromatic N) is 6. The molecule has 0 radical (unpaired) electrons. The van der Waals surface area contributed by atoms with Crippen molar-refractivity contribution in [2.24, 2.45) is 0 Å². The lowest BCUT2D eigenvalue weighted by atomic mass is 10.1. The number of fused-ring (bicyclic) bond motifs is 4. The van der Waals surface area contributed by atoms with E-state index in [0.29, 0.717) is 5.82 Å². The molecule has 27 heavy (non-hydrogen) atoms. The second-order valence-electron chi connectivity index (χ2n) is 6.66. The van der Waals surface area contributed by atoms with Gasteiger partial charge in [-0.3, -0.25) is 4.98 Å². The van der Waals surface area contributed by atoms with E-state index in [-0.39, 0.29) is 0 Å². The van der Waals surface area contributed by atoms with Gasteiger partial charge in [0.05, 0.1) is 24.2 Å². The highest BCUT2D eigenvalue weighted by atomic mass is 16.5. The quantitative estimate of drug-likeness (QED) is 0.495. The van der Waals surface area contributed by atoms with Crippen LogP contribution < -0.4 is 4.74 Å². The van der Waals surface area contributed by atoms with Gasteiger partial charge in [0.1, 0.15) is 11.6 Å². The Morgan fingerprint density at radius 1 is 1.15 bits per heavy atom. The summed E-state index contributed by atoms with van der Waals surface area (Å²) in [5.74, 6) is 2.50. The molecule has 0 fully saturated rings. The van der Waals surface area contributed by atoms with E-state index in [4.69, 9.17) is 9.72 Å². The van der Waals surface area contributed by atoms with Gasteiger partial charge < -0.3 is 9.30 Å². The van der Waals surface area contributed by atoms with E-state index >= 15 is 0 Å². The Kier molecular flexibility index (Phi) is 3.36. The molecule has 0 unspecified atom stereocenters. The fourth-order valence-corrected chi connectivity index (χ4v) is 3.42. The molecule has 4 aromatic rings. The second kappa shape index (κ2) is 5.77. The number of imidazole rings is 1. The first kappa shape index (κ1) is 15.7. The third kappa shape index (κ3) is 2.51. The molecule has 5 rings (SSSR count). The molecule has 0 atom stereocenters.